The molecule has 1 unspecified atom stereocenters. The molecule has 2 atom stereocenters. The number of carbonyl (C=O) groups excluding carboxylic acids is 2. The second kappa shape index (κ2) is 9.90. The molecule has 1 aromatic carbocycles. The van der Waals surface area contributed by atoms with E-state index >= 15 is 0 Å². The van der Waals surface area contributed by atoms with Crippen LogP contribution in [0.5, 0.6) is 5.75 Å². The lowest BCUT2D eigenvalue weighted by Gasteiger charge is -2.23. The van der Waals surface area contributed by atoms with Crippen molar-refractivity contribution < 1.29 is 19.4 Å². The standard InChI is InChI=1S/C21H25BrN4O4/c1-14-11-17(21(29)26(14)19(23)7-9-24-8-4-10-27)25-13-15(12-20(25)28)30-18-6-3-2-5-16(18)22/h2-3,5-7,9,12,14,17,23-24,27H,4,8,10-11,13H2,1H3/b9-7-,23-19?/t14?,17-/m0/s1. The van der Waals surface area contributed by atoms with Gasteiger partial charge in [0, 0.05) is 31.5 Å². The number of para-hydroxylation sites is 1. The summed E-state index contributed by atoms with van der Waals surface area (Å²) in [5.41, 5.74) is 0. The number of amides is 2. The van der Waals surface area contributed by atoms with Crippen LogP contribution in [0.4, 0.5) is 0 Å². The molecule has 0 aliphatic carbocycles. The largest absolute Gasteiger partial charge is 0.458 e. The first kappa shape index (κ1) is 22.0. The van der Waals surface area contributed by atoms with Crippen molar-refractivity contribution >= 4 is 33.6 Å². The van der Waals surface area contributed by atoms with E-state index in [9.17, 15) is 9.59 Å². The average Bonchev–Trinajstić information content (AvgIpc) is 3.21. The third-order valence-electron chi connectivity index (χ3n) is 4.97. The van der Waals surface area contributed by atoms with Gasteiger partial charge in [-0.2, -0.15) is 0 Å². The molecule has 1 saturated heterocycles. The lowest BCUT2D eigenvalue weighted by Crippen LogP contribution is -2.44. The minimum absolute atomic E-state index is 0.0655. The van der Waals surface area contributed by atoms with E-state index < -0.39 is 6.04 Å². The molecule has 0 spiro atoms. The second-order valence-electron chi connectivity index (χ2n) is 7.17. The molecule has 2 amide bonds. The van der Waals surface area contributed by atoms with E-state index in [0.717, 1.165) is 4.47 Å². The molecule has 3 rings (SSSR count). The van der Waals surface area contributed by atoms with Crippen LogP contribution in [-0.2, 0) is 9.59 Å². The van der Waals surface area contributed by atoms with Gasteiger partial charge < -0.3 is 20.1 Å². The van der Waals surface area contributed by atoms with Crippen molar-refractivity contribution in [3.63, 3.8) is 0 Å². The van der Waals surface area contributed by atoms with Crippen LogP contribution in [0.25, 0.3) is 0 Å². The van der Waals surface area contributed by atoms with E-state index in [-0.39, 0.29) is 36.8 Å². The Labute approximate surface area is 183 Å². The van der Waals surface area contributed by atoms with Gasteiger partial charge in [0.1, 0.15) is 23.4 Å². The molecule has 0 saturated carbocycles. The third-order valence-corrected chi connectivity index (χ3v) is 5.63. The van der Waals surface area contributed by atoms with Gasteiger partial charge in [0.15, 0.2) is 0 Å². The summed E-state index contributed by atoms with van der Waals surface area (Å²) < 4.78 is 6.61. The van der Waals surface area contributed by atoms with E-state index in [0.29, 0.717) is 30.9 Å². The smallest absolute Gasteiger partial charge is 0.251 e. The quantitative estimate of drug-likeness (QED) is 0.302. The monoisotopic (exact) mass is 476 g/mol. The maximum Gasteiger partial charge on any atom is 0.251 e. The molecule has 0 radical (unpaired) electrons. The fourth-order valence-electron chi connectivity index (χ4n) is 3.51. The zero-order valence-corrected chi connectivity index (χ0v) is 18.3. The summed E-state index contributed by atoms with van der Waals surface area (Å²) in [7, 11) is 0. The molecular formula is C21H25BrN4O4. The molecule has 0 bridgehead atoms. The number of nitrogens with one attached hydrogen (secondary N) is 2. The van der Waals surface area contributed by atoms with Crippen LogP contribution in [0.15, 0.2) is 52.8 Å². The number of hydrogen-bond acceptors (Lipinski definition) is 6. The highest BCUT2D eigenvalue weighted by Gasteiger charge is 2.45. The Hall–Kier alpha value is -2.65. The molecule has 160 valence electrons. The lowest BCUT2D eigenvalue weighted by atomic mass is 10.1. The molecule has 8 nitrogen and oxygen atoms in total. The summed E-state index contributed by atoms with van der Waals surface area (Å²) in [5, 5.41) is 20.0. The SMILES string of the molecule is CC1C[C@H](N2CC(Oc3ccccc3Br)=CC2=O)C(=O)N1C(=N)/C=C\NCCCO. The van der Waals surface area contributed by atoms with Crippen LogP contribution < -0.4 is 10.1 Å². The van der Waals surface area contributed by atoms with Crippen molar-refractivity contribution in [2.75, 3.05) is 19.7 Å². The summed E-state index contributed by atoms with van der Waals surface area (Å²) in [6, 6.07) is 6.54. The van der Waals surface area contributed by atoms with Crippen LogP contribution in [-0.4, -0.2) is 64.3 Å². The normalized spacial score (nSPS) is 21.5. The topological polar surface area (TPSA) is 106 Å². The van der Waals surface area contributed by atoms with Gasteiger partial charge in [-0.05, 0) is 53.9 Å². The number of hydrogen-bond donors (Lipinski definition) is 3. The van der Waals surface area contributed by atoms with Crippen molar-refractivity contribution in [3.8, 4) is 5.75 Å². The van der Waals surface area contributed by atoms with E-state index in [1.807, 2.05) is 25.1 Å². The molecule has 2 heterocycles. The summed E-state index contributed by atoms with van der Waals surface area (Å²) in [5.74, 6) is 0.616. The van der Waals surface area contributed by atoms with Crippen molar-refractivity contribution in [1.29, 1.82) is 5.41 Å². The predicted octanol–water partition coefficient (Wildman–Crippen LogP) is 2.01. The highest BCUT2D eigenvalue weighted by atomic mass is 79.9. The number of ether oxygens (including phenoxy) is 1. The zero-order chi connectivity index (χ0) is 21.7. The van der Waals surface area contributed by atoms with Gasteiger partial charge in [0.25, 0.3) is 11.8 Å². The first-order valence-electron chi connectivity index (χ1n) is 9.78. The molecule has 2 aliphatic rings. The van der Waals surface area contributed by atoms with Crippen LogP contribution >= 0.6 is 15.9 Å². The summed E-state index contributed by atoms with van der Waals surface area (Å²) in [6.07, 6.45) is 5.58. The van der Waals surface area contributed by atoms with Crippen molar-refractivity contribution in [3.05, 3.63) is 52.8 Å². The van der Waals surface area contributed by atoms with Gasteiger partial charge >= 0.3 is 0 Å². The number of rotatable bonds is 8. The number of benzene rings is 1. The fourth-order valence-corrected chi connectivity index (χ4v) is 3.88. The number of aliphatic hydroxyl groups is 1. The molecule has 30 heavy (non-hydrogen) atoms. The van der Waals surface area contributed by atoms with Crippen LogP contribution in [0.2, 0.25) is 0 Å². The average molecular weight is 477 g/mol. The molecule has 0 aromatic heterocycles. The number of amidine groups is 1. The Morgan fingerprint density at radius 1 is 1.40 bits per heavy atom. The highest BCUT2D eigenvalue weighted by molar-refractivity contribution is 9.10. The maximum absolute atomic E-state index is 13.0. The third kappa shape index (κ3) is 4.91. The van der Waals surface area contributed by atoms with Gasteiger partial charge in [0.05, 0.1) is 11.0 Å². The Morgan fingerprint density at radius 3 is 2.90 bits per heavy atom. The summed E-state index contributed by atoms with van der Waals surface area (Å²) in [4.78, 5) is 28.4. The van der Waals surface area contributed by atoms with Gasteiger partial charge in [-0.1, -0.05) is 12.1 Å². The number of aliphatic hydroxyl groups excluding tert-OH is 1. The van der Waals surface area contributed by atoms with E-state index in [1.165, 1.54) is 22.0 Å². The molecule has 1 aromatic rings. The fraction of sp³-hybridized carbons (Fsp3) is 0.381. The molecule has 1 fully saturated rings. The zero-order valence-electron chi connectivity index (χ0n) is 16.7. The molecule has 9 heteroatoms. The minimum atomic E-state index is -0.625. The first-order chi connectivity index (χ1) is 14.4. The molecular weight excluding hydrogens is 452 g/mol. The Morgan fingerprint density at radius 2 is 2.17 bits per heavy atom. The molecule has 3 N–H and O–H groups in total. The maximum atomic E-state index is 13.0. The van der Waals surface area contributed by atoms with Crippen molar-refractivity contribution in [1.82, 2.24) is 15.1 Å². The Kier molecular flexibility index (Phi) is 7.28. The summed E-state index contributed by atoms with van der Waals surface area (Å²) in [6.45, 7) is 2.75. The lowest BCUT2D eigenvalue weighted by molar-refractivity contribution is -0.136. The second-order valence-corrected chi connectivity index (χ2v) is 8.02. The van der Waals surface area contributed by atoms with Crippen LogP contribution in [0.3, 0.4) is 0 Å². The minimum Gasteiger partial charge on any atom is -0.458 e. The van der Waals surface area contributed by atoms with E-state index in [2.05, 4.69) is 21.2 Å². The summed E-state index contributed by atoms with van der Waals surface area (Å²) >= 11 is 3.42. The Bertz CT molecular complexity index is 886. The Balaban J connectivity index is 1.62. The van der Waals surface area contributed by atoms with Crippen molar-refractivity contribution in [2.45, 2.75) is 31.8 Å². The van der Waals surface area contributed by atoms with Crippen LogP contribution in [0.1, 0.15) is 19.8 Å². The predicted molar refractivity (Wildman–Crippen MR) is 116 cm³/mol. The van der Waals surface area contributed by atoms with Crippen molar-refractivity contribution in [2.24, 2.45) is 0 Å². The van der Waals surface area contributed by atoms with E-state index in [4.69, 9.17) is 15.3 Å². The van der Waals surface area contributed by atoms with Crippen LogP contribution in [0, 0.1) is 5.41 Å². The van der Waals surface area contributed by atoms with E-state index in [1.54, 1.807) is 12.3 Å². The van der Waals surface area contributed by atoms with Gasteiger partial charge in [-0.3, -0.25) is 19.9 Å². The number of halogens is 1. The number of nitrogens with zero attached hydrogens (tertiary/aromatic N) is 2. The highest BCUT2D eigenvalue weighted by Crippen LogP contribution is 2.30. The molecule has 2 aliphatic heterocycles. The first-order valence-corrected chi connectivity index (χ1v) is 10.6. The van der Waals surface area contributed by atoms with Gasteiger partial charge in [0.2, 0.25) is 0 Å². The number of likely N-dealkylation sites (tertiary alicyclic amines) is 1. The van der Waals surface area contributed by atoms with Gasteiger partial charge in [-0.25, -0.2) is 0 Å². The number of carbonyl (C=O) groups is 2. The van der Waals surface area contributed by atoms with Gasteiger partial charge in [-0.15, -0.1) is 0 Å².